The quantitative estimate of drug-likeness (QED) is 0.443. The molecule has 0 atom stereocenters. The molecule has 0 fully saturated rings. The Bertz CT molecular complexity index is 336. The molecule has 94 valence electrons. The number of ether oxygens (including phenoxy) is 1. The molecule has 0 bridgehead atoms. The second-order valence-corrected chi connectivity index (χ2v) is 5.29. The Morgan fingerprint density at radius 3 is 2.62 bits per heavy atom. The maximum atomic E-state index is 11.2. The van der Waals surface area contributed by atoms with Gasteiger partial charge in [-0.3, -0.25) is 4.79 Å². The lowest BCUT2D eigenvalue weighted by Crippen LogP contribution is -2.30. The molecule has 0 spiro atoms. The Morgan fingerprint density at radius 2 is 2.12 bits per heavy atom. The minimum absolute atomic E-state index is 0.134. The minimum Gasteiger partial charge on any atom is -0.481 e. The van der Waals surface area contributed by atoms with Crippen LogP contribution in [0.3, 0.4) is 0 Å². The molecule has 0 unspecified atom stereocenters. The van der Waals surface area contributed by atoms with Crippen LogP contribution in [0.15, 0.2) is 12.2 Å². The molecule has 0 aromatic rings. The summed E-state index contributed by atoms with van der Waals surface area (Å²) in [6.07, 6.45) is -0.401. The molecule has 0 heterocycles. The van der Waals surface area contributed by atoms with Gasteiger partial charge in [0.2, 0.25) is 10.0 Å². The fourth-order valence-corrected chi connectivity index (χ4v) is 1.79. The van der Waals surface area contributed by atoms with Gasteiger partial charge in [0.15, 0.2) is 0 Å². The van der Waals surface area contributed by atoms with Crippen molar-refractivity contribution in [3.8, 4) is 0 Å². The molecule has 0 aromatic heterocycles. The van der Waals surface area contributed by atoms with E-state index in [1.54, 1.807) is 6.92 Å². The zero-order chi connectivity index (χ0) is 12.6. The van der Waals surface area contributed by atoms with Crippen LogP contribution in [0.5, 0.6) is 0 Å². The van der Waals surface area contributed by atoms with Crippen LogP contribution in [0.2, 0.25) is 0 Å². The zero-order valence-corrected chi connectivity index (χ0v) is 10.0. The van der Waals surface area contributed by atoms with E-state index in [0.29, 0.717) is 6.61 Å². The van der Waals surface area contributed by atoms with Crippen LogP contribution in [0.25, 0.3) is 0 Å². The Labute approximate surface area is 95.3 Å². The highest BCUT2D eigenvalue weighted by Crippen LogP contribution is 1.90. The van der Waals surface area contributed by atoms with Crippen molar-refractivity contribution in [3.63, 3.8) is 0 Å². The number of nitrogens with one attached hydrogen (secondary N) is 1. The van der Waals surface area contributed by atoms with E-state index in [4.69, 9.17) is 9.84 Å². The van der Waals surface area contributed by atoms with Crippen molar-refractivity contribution >= 4 is 16.0 Å². The normalized spacial score (nSPS) is 11.3. The molecule has 0 rings (SSSR count). The maximum Gasteiger partial charge on any atom is 0.304 e. The first-order valence-electron chi connectivity index (χ1n) is 4.75. The topological polar surface area (TPSA) is 92.7 Å². The number of carboxylic acid groups (broad SMARTS) is 1. The van der Waals surface area contributed by atoms with Crippen molar-refractivity contribution in [1.29, 1.82) is 0 Å². The Hall–Kier alpha value is -0.920. The molecular formula is C9H17NO5S. The van der Waals surface area contributed by atoms with Crippen LogP contribution in [0, 0.1) is 0 Å². The molecule has 0 amide bonds. The third-order valence-corrected chi connectivity index (χ3v) is 2.89. The summed E-state index contributed by atoms with van der Waals surface area (Å²) in [5.41, 5.74) is 0.855. The Kier molecular flexibility index (Phi) is 6.95. The van der Waals surface area contributed by atoms with E-state index >= 15 is 0 Å². The molecular weight excluding hydrogens is 234 g/mol. The third-order valence-electron chi connectivity index (χ3n) is 1.50. The summed E-state index contributed by atoms with van der Waals surface area (Å²) in [6, 6.07) is 0. The second-order valence-electron chi connectivity index (χ2n) is 3.37. The highest BCUT2D eigenvalue weighted by Gasteiger charge is 2.11. The van der Waals surface area contributed by atoms with E-state index in [1.165, 1.54) is 0 Å². The first-order valence-corrected chi connectivity index (χ1v) is 6.40. The van der Waals surface area contributed by atoms with Crippen molar-refractivity contribution < 1.29 is 23.1 Å². The van der Waals surface area contributed by atoms with E-state index < -0.39 is 28.2 Å². The third kappa shape index (κ3) is 9.63. The van der Waals surface area contributed by atoms with Gasteiger partial charge in [-0.25, -0.2) is 13.1 Å². The number of carbonyl (C=O) groups is 1. The fourth-order valence-electron chi connectivity index (χ4n) is 0.810. The van der Waals surface area contributed by atoms with E-state index in [-0.39, 0.29) is 13.2 Å². The lowest BCUT2D eigenvalue weighted by molar-refractivity contribution is -0.136. The van der Waals surface area contributed by atoms with Gasteiger partial charge in [-0.2, -0.15) is 0 Å². The van der Waals surface area contributed by atoms with Crippen molar-refractivity contribution in [3.05, 3.63) is 12.2 Å². The summed E-state index contributed by atoms with van der Waals surface area (Å²) in [5.74, 6) is -1.55. The molecule has 0 saturated carbocycles. The number of hydrogen-bond donors (Lipinski definition) is 2. The van der Waals surface area contributed by atoms with E-state index in [9.17, 15) is 13.2 Å². The van der Waals surface area contributed by atoms with Crippen molar-refractivity contribution in [2.24, 2.45) is 0 Å². The smallest absolute Gasteiger partial charge is 0.304 e. The lowest BCUT2D eigenvalue weighted by Gasteiger charge is -2.06. The first kappa shape index (κ1) is 15.1. The van der Waals surface area contributed by atoms with Gasteiger partial charge in [-0.15, -0.1) is 0 Å². The van der Waals surface area contributed by atoms with Crippen LogP contribution in [-0.4, -0.2) is 45.0 Å². The predicted octanol–water partition coefficient (Wildman–Crippen LogP) is -0.0268. The van der Waals surface area contributed by atoms with Crippen molar-refractivity contribution in [1.82, 2.24) is 4.72 Å². The van der Waals surface area contributed by atoms with Gasteiger partial charge in [0.1, 0.15) is 0 Å². The molecule has 7 heteroatoms. The van der Waals surface area contributed by atoms with Gasteiger partial charge < -0.3 is 9.84 Å². The standard InChI is InChI=1S/C9H17NO5S/c1-8(2)7-15-5-4-10-16(13,14)6-3-9(11)12/h10H,1,3-7H2,2H3,(H,11,12). The maximum absolute atomic E-state index is 11.2. The number of rotatable bonds is 9. The van der Waals surface area contributed by atoms with Crippen LogP contribution in [0.4, 0.5) is 0 Å². The Balaban J connectivity index is 3.66. The van der Waals surface area contributed by atoms with E-state index in [1.807, 2.05) is 0 Å². The van der Waals surface area contributed by atoms with Gasteiger partial charge in [0.25, 0.3) is 0 Å². The van der Waals surface area contributed by atoms with Crippen molar-refractivity contribution in [2.45, 2.75) is 13.3 Å². The molecule has 0 aliphatic rings. The van der Waals surface area contributed by atoms with Crippen molar-refractivity contribution in [2.75, 3.05) is 25.5 Å². The van der Waals surface area contributed by atoms with Gasteiger partial charge >= 0.3 is 5.97 Å². The number of carboxylic acids is 1. The Morgan fingerprint density at radius 1 is 1.50 bits per heavy atom. The summed E-state index contributed by atoms with van der Waals surface area (Å²) in [5, 5.41) is 8.32. The van der Waals surface area contributed by atoms with Crippen LogP contribution < -0.4 is 4.72 Å². The van der Waals surface area contributed by atoms with Crippen LogP contribution >= 0.6 is 0 Å². The van der Waals surface area contributed by atoms with E-state index in [0.717, 1.165) is 5.57 Å². The first-order chi connectivity index (χ1) is 7.33. The average molecular weight is 251 g/mol. The fraction of sp³-hybridized carbons (Fsp3) is 0.667. The molecule has 16 heavy (non-hydrogen) atoms. The molecule has 0 saturated heterocycles. The van der Waals surface area contributed by atoms with Gasteiger partial charge in [0, 0.05) is 6.54 Å². The van der Waals surface area contributed by atoms with Gasteiger partial charge in [-0.1, -0.05) is 12.2 Å². The monoisotopic (exact) mass is 251 g/mol. The molecule has 0 aliphatic heterocycles. The molecule has 0 aliphatic carbocycles. The number of sulfonamides is 1. The highest BCUT2D eigenvalue weighted by molar-refractivity contribution is 7.89. The summed E-state index contributed by atoms with van der Waals surface area (Å²) < 4.78 is 29.7. The molecule has 0 aromatic carbocycles. The van der Waals surface area contributed by atoms with Gasteiger partial charge in [-0.05, 0) is 6.92 Å². The van der Waals surface area contributed by atoms with Crippen LogP contribution in [0.1, 0.15) is 13.3 Å². The van der Waals surface area contributed by atoms with Gasteiger partial charge in [0.05, 0.1) is 25.4 Å². The summed E-state index contributed by atoms with van der Waals surface area (Å²) in [7, 11) is -3.51. The van der Waals surface area contributed by atoms with E-state index in [2.05, 4.69) is 11.3 Å². The number of hydrogen-bond acceptors (Lipinski definition) is 4. The molecule has 2 N–H and O–H groups in total. The summed E-state index contributed by atoms with van der Waals surface area (Å²) >= 11 is 0. The highest BCUT2D eigenvalue weighted by atomic mass is 32.2. The minimum atomic E-state index is -3.51. The number of aliphatic carboxylic acids is 1. The van der Waals surface area contributed by atoms with Crippen LogP contribution in [-0.2, 0) is 19.6 Å². The SMILES string of the molecule is C=C(C)COCCNS(=O)(=O)CCC(=O)O. The lowest BCUT2D eigenvalue weighted by atomic mass is 10.4. The molecule has 0 radical (unpaired) electrons. The zero-order valence-electron chi connectivity index (χ0n) is 9.23. The summed E-state index contributed by atoms with van der Waals surface area (Å²) in [4.78, 5) is 10.2. The summed E-state index contributed by atoms with van der Waals surface area (Å²) in [6.45, 7) is 6.18. The largest absolute Gasteiger partial charge is 0.481 e. The average Bonchev–Trinajstić information content (AvgIpc) is 2.14. The predicted molar refractivity (Wildman–Crippen MR) is 59.7 cm³/mol. The molecule has 6 nitrogen and oxygen atoms in total. The second kappa shape index (κ2) is 7.37.